The monoisotopic (exact) mass is 467 g/mol. The highest BCUT2D eigenvalue weighted by Gasteiger charge is 2.13. The van der Waals surface area contributed by atoms with Crippen molar-refractivity contribution >= 4 is 23.7 Å². The van der Waals surface area contributed by atoms with E-state index in [2.05, 4.69) is 17.0 Å². The van der Waals surface area contributed by atoms with Gasteiger partial charge >= 0.3 is 6.16 Å². The van der Waals surface area contributed by atoms with Crippen molar-refractivity contribution in [2.45, 2.75) is 26.2 Å². The number of amides is 1. The van der Waals surface area contributed by atoms with Crippen LogP contribution in [0.5, 0.6) is 11.5 Å². The molecule has 0 aromatic heterocycles. The van der Waals surface area contributed by atoms with E-state index in [0.29, 0.717) is 35.9 Å². The molecule has 0 saturated carbocycles. The summed E-state index contributed by atoms with van der Waals surface area (Å²) in [6, 6.07) is 19.9. The van der Waals surface area contributed by atoms with Gasteiger partial charge in [0.15, 0.2) is 0 Å². The summed E-state index contributed by atoms with van der Waals surface area (Å²) in [6.45, 7) is 3.11. The number of halogens is 1. The molecule has 0 spiro atoms. The number of hydrogen-bond donors (Lipinski definition) is 2. The maximum Gasteiger partial charge on any atom is 0.511 e. The molecule has 0 unspecified atom stereocenters. The number of nitrogens with one attached hydrogen (secondary N) is 1. The van der Waals surface area contributed by atoms with Crippen molar-refractivity contribution < 1.29 is 24.2 Å². The molecule has 0 fully saturated rings. The van der Waals surface area contributed by atoms with E-state index in [0.717, 1.165) is 29.5 Å². The number of carbonyl (C=O) groups is 2. The average Bonchev–Trinajstić information content (AvgIpc) is 2.81. The molecule has 0 aliphatic carbocycles. The lowest BCUT2D eigenvalue weighted by atomic mass is 10.0. The Bertz CT molecular complexity index is 1080. The summed E-state index contributed by atoms with van der Waals surface area (Å²) in [7, 11) is 0. The lowest BCUT2D eigenvalue weighted by Gasteiger charge is -2.12. The first-order valence-corrected chi connectivity index (χ1v) is 11.1. The summed E-state index contributed by atoms with van der Waals surface area (Å²) < 4.78 is 10.4. The van der Waals surface area contributed by atoms with Crippen LogP contribution in [0.25, 0.3) is 11.1 Å². The molecule has 6 nitrogen and oxygen atoms in total. The minimum absolute atomic E-state index is 0.218. The summed E-state index contributed by atoms with van der Waals surface area (Å²) >= 11 is 6.08. The molecular formula is C26H26ClNO5. The van der Waals surface area contributed by atoms with Crippen molar-refractivity contribution in [3.05, 3.63) is 82.9 Å². The molecule has 2 N–H and O–H groups in total. The van der Waals surface area contributed by atoms with Crippen LogP contribution < -0.4 is 14.8 Å². The third kappa shape index (κ3) is 7.26. The number of ether oxygens (including phenoxy) is 2. The van der Waals surface area contributed by atoms with Crippen molar-refractivity contribution in [1.29, 1.82) is 0 Å². The lowest BCUT2D eigenvalue weighted by molar-refractivity contribution is 0.0949. The molecule has 3 aromatic carbocycles. The largest absolute Gasteiger partial charge is 0.511 e. The second kappa shape index (κ2) is 11.9. The van der Waals surface area contributed by atoms with Gasteiger partial charge in [0.05, 0.1) is 12.2 Å². The van der Waals surface area contributed by atoms with Crippen molar-refractivity contribution in [1.82, 2.24) is 5.32 Å². The zero-order valence-corrected chi connectivity index (χ0v) is 19.1. The van der Waals surface area contributed by atoms with Crippen LogP contribution in [0.3, 0.4) is 0 Å². The van der Waals surface area contributed by atoms with Gasteiger partial charge in [-0.25, -0.2) is 4.79 Å². The molecule has 3 rings (SSSR count). The summed E-state index contributed by atoms with van der Waals surface area (Å²) in [5, 5.41) is 12.1. The van der Waals surface area contributed by atoms with Crippen molar-refractivity contribution in [3.8, 4) is 22.6 Å². The summed E-state index contributed by atoms with van der Waals surface area (Å²) in [4.78, 5) is 23.3. The molecule has 0 heterocycles. The minimum Gasteiger partial charge on any atom is -0.493 e. The van der Waals surface area contributed by atoms with Crippen molar-refractivity contribution in [3.63, 3.8) is 0 Å². The van der Waals surface area contributed by atoms with E-state index in [-0.39, 0.29) is 11.7 Å². The first-order chi connectivity index (χ1) is 16.0. The smallest absolute Gasteiger partial charge is 0.493 e. The number of unbranched alkanes of at least 4 members (excludes halogenated alkanes) is 1. The zero-order chi connectivity index (χ0) is 23.6. The molecule has 0 aliphatic rings. The highest BCUT2D eigenvalue weighted by molar-refractivity contribution is 6.31. The van der Waals surface area contributed by atoms with Gasteiger partial charge in [-0.05, 0) is 59.9 Å². The Balaban J connectivity index is 1.55. The molecule has 0 radical (unpaired) electrons. The lowest BCUT2D eigenvalue weighted by Crippen LogP contribution is -2.26. The molecule has 3 aromatic rings. The third-order valence-electron chi connectivity index (χ3n) is 4.99. The highest BCUT2D eigenvalue weighted by Crippen LogP contribution is 2.24. The van der Waals surface area contributed by atoms with Crippen LogP contribution in [0, 0.1) is 0 Å². The van der Waals surface area contributed by atoms with Gasteiger partial charge in [-0.1, -0.05) is 61.3 Å². The van der Waals surface area contributed by atoms with Gasteiger partial charge in [0.2, 0.25) is 0 Å². The molecule has 0 aliphatic heterocycles. The number of hydrogen-bond acceptors (Lipinski definition) is 4. The molecule has 0 bridgehead atoms. The van der Waals surface area contributed by atoms with Gasteiger partial charge in [0.1, 0.15) is 11.5 Å². The van der Waals surface area contributed by atoms with E-state index in [1.807, 2.05) is 24.3 Å². The zero-order valence-electron chi connectivity index (χ0n) is 18.3. The van der Waals surface area contributed by atoms with Crippen LogP contribution in [0.15, 0.2) is 66.7 Å². The SMILES string of the molecule is CCCCOc1ccc(Cl)cc1C(=O)NCCc1ccc(-c2ccc(OC(=O)O)cc2)cc1. The fourth-order valence-electron chi connectivity index (χ4n) is 3.23. The number of carbonyl (C=O) groups excluding carboxylic acids is 1. The average molecular weight is 468 g/mol. The Morgan fingerprint density at radius 1 is 0.970 bits per heavy atom. The molecule has 1 amide bonds. The van der Waals surface area contributed by atoms with Gasteiger partial charge in [0, 0.05) is 11.6 Å². The molecular weight excluding hydrogens is 442 g/mol. The van der Waals surface area contributed by atoms with Crippen LogP contribution in [-0.2, 0) is 6.42 Å². The van der Waals surface area contributed by atoms with Gasteiger partial charge in [-0.15, -0.1) is 0 Å². The van der Waals surface area contributed by atoms with Crippen LogP contribution >= 0.6 is 11.6 Å². The van der Waals surface area contributed by atoms with Crippen LogP contribution in [-0.4, -0.2) is 30.3 Å². The van der Waals surface area contributed by atoms with Crippen LogP contribution in [0.4, 0.5) is 4.79 Å². The van der Waals surface area contributed by atoms with Gasteiger partial charge in [-0.3, -0.25) is 4.79 Å². The second-order valence-corrected chi connectivity index (χ2v) is 7.87. The van der Waals surface area contributed by atoms with Crippen LogP contribution in [0.1, 0.15) is 35.7 Å². The van der Waals surface area contributed by atoms with E-state index < -0.39 is 6.16 Å². The molecule has 33 heavy (non-hydrogen) atoms. The Morgan fingerprint density at radius 2 is 1.64 bits per heavy atom. The number of benzene rings is 3. The van der Waals surface area contributed by atoms with E-state index >= 15 is 0 Å². The van der Waals surface area contributed by atoms with Crippen molar-refractivity contribution in [2.24, 2.45) is 0 Å². The minimum atomic E-state index is -1.34. The predicted octanol–water partition coefficient (Wildman–Crippen LogP) is 6.22. The third-order valence-corrected chi connectivity index (χ3v) is 5.22. The Hall–Kier alpha value is -3.51. The Morgan fingerprint density at radius 3 is 2.27 bits per heavy atom. The number of rotatable bonds is 10. The maximum absolute atomic E-state index is 12.7. The van der Waals surface area contributed by atoms with Crippen LogP contribution in [0.2, 0.25) is 5.02 Å². The van der Waals surface area contributed by atoms with E-state index in [1.54, 1.807) is 42.5 Å². The standard InChI is InChI=1S/C26H26ClNO5/c1-2-3-16-32-24-13-10-21(27)17-23(24)25(29)28-15-14-18-4-6-19(7-5-18)20-8-11-22(12-9-20)33-26(30)31/h4-13,17H,2-3,14-16H2,1H3,(H,28,29)(H,30,31). The highest BCUT2D eigenvalue weighted by atomic mass is 35.5. The van der Waals surface area contributed by atoms with Gasteiger partial charge in [0.25, 0.3) is 5.91 Å². The summed E-state index contributed by atoms with van der Waals surface area (Å²) in [5.41, 5.74) is 3.46. The van der Waals surface area contributed by atoms with Gasteiger partial charge < -0.3 is 19.9 Å². The van der Waals surface area contributed by atoms with Gasteiger partial charge in [-0.2, -0.15) is 0 Å². The Kier molecular flexibility index (Phi) is 8.72. The van der Waals surface area contributed by atoms with E-state index in [4.69, 9.17) is 21.4 Å². The van der Waals surface area contributed by atoms with Crippen molar-refractivity contribution in [2.75, 3.05) is 13.2 Å². The van der Waals surface area contributed by atoms with E-state index in [9.17, 15) is 9.59 Å². The Labute approximate surface area is 198 Å². The molecule has 172 valence electrons. The summed E-state index contributed by atoms with van der Waals surface area (Å²) in [5.74, 6) is 0.594. The first kappa shape index (κ1) is 24.1. The topological polar surface area (TPSA) is 84.9 Å². The van der Waals surface area contributed by atoms with E-state index in [1.165, 1.54) is 0 Å². The molecule has 0 saturated heterocycles. The normalized spacial score (nSPS) is 10.5. The fourth-order valence-corrected chi connectivity index (χ4v) is 3.40. The second-order valence-electron chi connectivity index (χ2n) is 7.44. The quantitative estimate of drug-likeness (QED) is 0.210. The molecule has 7 heteroatoms. The summed E-state index contributed by atoms with van der Waals surface area (Å²) in [6.07, 6.45) is 1.26. The maximum atomic E-state index is 12.7. The fraction of sp³-hybridized carbons (Fsp3) is 0.231. The first-order valence-electron chi connectivity index (χ1n) is 10.8. The predicted molar refractivity (Wildman–Crippen MR) is 128 cm³/mol. The number of carboxylic acid groups (broad SMARTS) is 1. The molecule has 0 atom stereocenters.